The maximum Gasteiger partial charge on any atom is 0.335 e. The molecule has 0 aliphatic heterocycles. The van der Waals surface area contributed by atoms with Crippen molar-refractivity contribution in [2.75, 3.05) is 13.2 Å². The van der Waals surface area contributed by atoms with Crippen molar-refractivity contribution in [1.29, 1.82) is 0 Å². The highest BCUT2D eigenvalue weighted by Crippen LogP contribution is 2.68. The van der Waals surface area contributed by atoms with E-state index in [2.05, 4.69) is 47.8 Å². The van der Waals surface area contributed by atoms with Crippen LogP contribution in [0.25, 0.3) is 0 Å². The normalized spacial score (nSPS) is 35.0. The number of rotatable bonds is 16. The van der Waals surface area contributed by atoms with Crippen molar-refractivity contribution in [3.05, 3.63) is 24.3 Å². The van der Waals surface area contributed by atoms with Crippen molar-refractivity contribution in [2.24, 2.45) is 58.2 Å². The number of hydrogen-bond acceptors (Lipinski definition) is 5. The summed E-state index contributed by atoms with van der Waals surface area (Å²) < 4.78 is 11.0. The number of esters is 2. The third-order valence-electron chi connectivity index (χ3n) is 13.9. The van der Waals surface area contributed by atoms with Crippen LogP contribution in [0.5, 0.6) is 0 Å². The van der Waals surface area contributed by atoms with Gasteiger partial charge in [-0.1, -0.05) is 73.5 Å². The zero-order valence-corrected chi connectivity index (χ0v) is 30.4. The Balaban J connectivity index is 1.28. The van der Waals surface area contributed by atoms with Crippen LogP contribution in [0.1, 0.15) is 144 Å². The summed E-state index contributed by atoms with van der Waals surface area (Å²) in [7, 11) is 0. The highest BCUT2D eigenvalue weighted by molar-refractivity contribution is 5.88. The van der Waals surface area contributed by atoms with Gasteiger partial charge in [-0.15, -0.1) is 0 Å². The van der Waals surface area contributed by atoms with Gasteiger partial charge in [0.1, 0.15) is 6.10 Å². The van der Waals surface area contributed by atoms with Crippen LogP contribution in [0.3, 0.4) is 0 Å². The van der Waals surface area contributed by atoms with Gasteiger partial charge in [-0.2, -0.15) is 0 Å². The Kier molecular flexibility index (Phi) is 13.1. The van der Waals surface area contributed by atoms with Gasteiger partial charge in [0.25, 0.3) is 0 Å². The largest absolute Gasteiger partial charge is 0.462 e. The van der Waals surface area contributed by atoms with Crippen molar-refractivity contribution in [2.45, 2.75) is 150 Å². The predicted molar refractivity (Wildman–Crippen MR) is 187 cm³/mol. The molecule has 4 aliphatic rings. The van der Waals surface area contributed by atoms with Gasteiger partial charge in [-0.3, -0.25) is 0 Å². The Labute approximate surface area is 281 Å². The van der Waals surface area contributed by atoms with E-state index in [0.29, 0.717) is 22.8 Å². The number of hydrogen-bond donors (Lipinski definition) is 1. The first-order valence-electron chi connectivity index (χ1n) is 19.1. The molecule has 0 aromatic rings. The van der Waals surface area contributed by atoms with Gasteiger partial charge in [0, 0.05) is 12.0 Å². The van der Waals surface area contributed by atoms with E-state index in [1.54, 1.807) is 6.92 Å². The Hall–Kier alpha value is -1.62. The fraction of sp³-hybridized carbons (Fsp3) is 0.854. The summed E-state index contributed by atoms with van der Waals surface area (Å²) in [4.78, 5) is 24.2. The summed E-state index contributed by atoms with van der Waals surface area (Å²) in [6, 6.07) is 0. The monoisotopic (exact) mass is 641 g/mol. The van der Waals surface area contributed by atoms with Crippen LogP contribution in [0, 0.1) is 58.2 Å². The molecule has 1 N–H and O–H groups in total. The summed E-state index contributed by atoms with van der Waals surface area (Å²) in [5, 5.41) is 9.11. The molecule has 0 aromatic carbocycles. The lowest BCUT2D eigenvalue weighted by atomic mass is 9.44. The van der Waals surface area contributed by atoms with Gasteiger partial charge in [-0.05, 0) is 136 Å². The minimum atomic E-state index is -0.602. The van der Waals surface area contributed by atoms with E-state index >= 15 is 0 Å². The Bertz CT molecular complexity index is 1060. The van der Waals surface area contributed by atoms with Crippen molar-refractivity contribution in [3.63, 3.8) is 0 Å². The van der Waals surface area contributed by atoms with Crippen molar-refractivity contribution < 1.29 is 24.2 Å². The van der Waals surface area contributed by atoms with Crippen LogP contribution in [0.15, 0.2) is 24.3 Å². The van der Waals surface area contributed by atoms with E-state index < -0.39 is 12.6 Å². The quantitative estimate of drug-likeness (QED) is 0.134. The molecular weight excluding hydrogens is 572 g/mol. The second-order valence-electron chi connectivity index (χ2n) is 17.3. The van der Waals surface area contributed by atoms with Crippen LogP contribution in [0.4, 0.5) is 0 Å². The first-order chi connectivity index (χ1) is 21.8. The average molecular weight is 641 g/mol. The lowest BCUT2D eigenvalue weighted by molar-refractivity contribution is -0.147. The van der Waals surface area contributed by atoms with Gasteiger partial charge in [0.15, 0.2) is 0 Å². The van der Waals surface area contributed by atoms with Gasteiger partial charge in [0.05, 0.1) is 18.8 Å². The van der Waals surface area contributed by atoms with Crippen LogP contribution < -0.4 is 0 Å². The van der Waals surface area contributed by atoms with E-state index in [4.69, 9.17) is 14.6 Å². The Morgan fingerprint density at radius 3 is 2.26 bits per heavy atom. The van der Waals surface area contributed by atoms with E-state index in [9.17, 15) is 9.59 Å². The second-order valence-corrected chi connectivity index (χ2v) is 17.3. The van der Waals surface area contributed by atoms with Gasteiger partial charge < -0.3 is 14.6 Å². The molecule has 46 heavy (non-hydrogen) atoms. The molecule has 262 valence electrons. The predicted octanol–water partition coefficient (Wildman–Crippen LogP) is 9.86. The molecule has 0 aromatic heterocycles. The van der Waals surface area contributed by atoms with Crippen molar-refractivity contribution in [1.82, 2.24) is 0 Å². The fourth-order valence-corrected chi connectivity index (χ4v) is 11.2. The van der Waals surface area contributed by atoms with Gasteiger partial charge in [-0.25, -0.2) is 9.59 Å². The summed E-state index contributed by atoms with van der Waals surface area (Å²) >= 11 is 0. The maximum atomic E-state index is 12.3. The standard InChI is InChI=1S/C41H68O5/c1-27(2)11-9-12-29(5)35-17-18-36-34-16-15-32-25-31(19-22-40(32,7)37(34)20-23-41(35,36)8)13-10-14-33(46-38(43)28(3)4)21-24-45-39(44)30(6)26-42/h27,29,31-37,42H,3,6,9-26H2,1-2,4-5,7-8H3/t29-,31+,32+,33?,34+,35-,36+,37+,40+,41-/m1/s1. The Morgan fingerprint density at radius 1 is 0.848 bits per heavy atom. The van der Waals surface area contributed by atoms with Gasteiger partial charge >= 0.3 is 11.9 Å². The Morgan fingerprint density at radius 2 is 1.57 bits per heavy atom. The van der Waals surface area contributed by atoms with E-state index in [0.717, 1.165) is 60.2 Å². The molecule has 0 radical (unpaired) electrons. The first kappa shape index (κ1) is 37.2. The van der Waals surface area contributed by atoms with Crippen LogP contribution in [0.2, 0.25) is 0 Å². The van der Waals surface area contributed by atoms with Crippen LogP contribution in [-0.2, 0) is 19.1 Å². The summed E-state index contributed by atoms with van der Waals surface area (Å²) in [6.45, 7) is 21.3. The minimum absolute atomic E-state index is 0.0330. The second kappa shape index (κ2) is 16.2. The summed E-state index contributed by atoms with van der Waals surface area (Å²) in [5.41, 5.74) is 1.48. The maximum absolute atomic E-state index is 12.3. The molecule has 4 aliphatic carbocycles. The number of carbonyl (C=O) groups excluding carboxylic acids is 2. The van der Waals surface area contributed by atoms with E-state index in [1.165, 1.54) is 83.5 Å². The molecule has 0 heterocycles. The van der Waals surface area contributed by atoms with Crippen LogP contribution >= 0.6 is 0 Å². The molecule has 10 atom stereocenters. The van der Waals surface area contributed by atoms with Gasteiger partial charge in [0.2, 0.25) is 0 Å². The number of fused-ring (bicyclic) bond motifs is 5. The molecule has 0 saturated heterocycles. The van der Waals surface area contributed by atoms with E-state index in [1.807, 2.05) is 0 Å². The zero-order chi connectivity index (χ0) is 33.6. The average Bonchev–Trinajstić information content (AvgIpc) is 3.37. The molecule has 0 bridgehead atoms. The molecular formula is C41H68O5. The smallest absolute Gasteiger partial charge is 0.335 e. The zero-order valence-electron chi connectivity index (χ0n) is 30.4. The third-order valence-corrected chi connectivity index (χ3v) is 13.9. The molecule has 4 rings (SSSR count). The van der Waals surface area contributed by atoms with Crippen molar-refractivity contribution in [3.8, 4) is 0 Å². The molecule has 0 amide bonds. The summed E-state index contributed by atoms with van der Waals surface area (Å²) in [5.74, 6) is 6.02. The SMILES string of the molecule is C=C(C)C(=O)OC(CCC[C@H]1CC[C@@]2(C)[C@@H](CC[C@@H]3[C@@H]2CC[C@]2(C)[C@@H]([C@H](C)CCCC(C)C)CC[C@@H]32)C1)CCOC(=O)C(=C)CO. The third kappa shape index (κ3) is 8.50. The molecule has 4 fully saturated rings. The number of aliphatic hydroxyl groups excluding tert-OH is 1. The first-order valence-corrected chi connectivity index (χ1v) is 19.1. The molecule has 1 unspecified atom stereocenters. The van der Waals surface area contributed by atoms with Crippen molar-refractivity contribution >= 4 is 11.9 Å². The summed E-state index contributed by atoms with van der Waals surface area (Å²) in [6.07, 6.45) is 20.0. The number of aliphatic hydroxyl groups is 1. The minimum Gasteiger partial charge on any atom is -0.462 e. The van der Waals surface area contributed by atoms with Crippen LogP contribution in [-0.4, -0.2) is 36.4 Å². The molecule has 4 saturated carbocycles. The molecule has 5 nitrogen and oxygen atoms in total. The molecule has 5 heteroatoms. The number of ether oxygens (including phenoxy) is 2. The topological polar surface area (TPSA) is 72.8 Å². The highest BCUT2D eigenvalue weighted by atomic mass is 16.6. The molecule has 0 spiro atoms. The lowest BCUT2D eigenvalue weighted by Gasteiger charge is -2.61. The fourth-order valence-electron chi connectivity index (χ4n) is 11.2. The highest BCUT2D eigenvalue weighted by Gasteiger charge is 2.60. The lowest BCUT2D eigenvalue weighted by Crippen LogP contribution is -2.53. The van der Waals surface area contributed by atoms with E-state index in [-0.39, 0.29) is 24.3 Å². The number of carbonyl (C=O) groups is 2.